The summed E-state index contributed by atoms with van der Waals surface area (Å²) in [6.45, 7) is 1.94. The van der Waals surface area contributed by atoms with Crippen molar-refractivity contribution in [3.8, 4) is 17.2 Å². The number of benzene rings is 2. The van der Waals surface area contributed by atoms with E-state index in [1.54, 1.807) is 26.2 Å². The number of allylic oxidation sites excluding steroid dienone is 1. The Bertz CT molecular complexity index is 1000. The van der Waals surface area contributed by atoms with Gasteiger partial charge in [0.2, 0.25) is 12.5 Å². The summed E-state index contributed by atoms with van der Waals surface area (Å²) in [5, 5.41) is 1.11. The monoisotopic (exact) mass is 335 g/mol. The summed E-state index contributed by atoms with van der Waals surface area (Å²) in [6, 6.07) is 11.4. The van der Waals surface area contributed by atoms with Gasteiger partial charge in [0, 0.05) is 17.3 Å². The molecule has 0 saturated carbocycles. The molecule has 0 aliphatic carbocycles. The quantitative estimate of drug-likeness (QED) is 0.574. The van der Waals surface area contributed by atoms with Crippen LogP contribution in [0.25, 0.3) is 17.0 Å². The molecule has 0 spiro atoms. The first-order valence-corrected chi connectivity index (χ1v) is 7.93. The second-order valence-corrected chi connectivity index (χ2v) is 5.89. The van der Waals surface area contributed by atoms with Crippen molar-refractivity contribution in [2.75, 3.05) is 13.9 Å². The van der Waals surface area contributed by atoms with E-state index in [9.17, 15) is 4.79 Å². The average molecular weight is 335 g/mol. The molecule has 126 valence electrons. The molecular formula is C20H17NO4. The molecule has 1 aromatic heterocycles. The molecule has 5 heteroatoms. The first-order valence-electron chi connectivity index (χ1n) is 7.93. The summed E-state index contributed by atoms with van der Waals surface area (Å²) in [5.41, 5.74) is 3.20. The Hall–Kier alpha value is -3.21. The van der Waals surface area contributed by atoms with Gasteiger partial charge in [-0.3, -0.25) is 4.79 Å². The van der Waals surface area contributed by atoms with Crippen molar-refractivity contribution in [3.05, 3.63) is 59.3 Å². The number of carbonyl (C=O) groups is 1. The number of nitrogens with one attached hydrogen (secondary N) is 1. The van der Waals surface area contributed by atoms with Crippen molar-refractivity contribution in [2.24, 2.45) is 0 Å². The number of H-pyrrole nitrogens is 1. The fourth-order valence-electron chi connectivity index (χ4n) is 2.97. The minimum Gasteiger partial charge on any atom is -0.493 e. The minimum absolute atomic E-state index is 0.0780. The van der Waals surface area contributed by atoms with Crippen molar-refractivity contribution in [2.45, 2.75) is 6.92 Å². The predicted octanol–water partition coefficient (Wildman–Crippen LogP) is 4.19. The summed E-state index contributed by atoms with van der Waals surface area (Å²) < 4.78 is 16.1. The standard InChI is InChI=1S/C20H17NO4/c1-12(7-13-3-4-16-14(8-13)5-6-21-16)19(22)15-9-17(23-2)20-18(10-15)24-11-25-20/h3-10,21H,11H2,1-2H3. The van der Waals surface area contributed by atoms with Gasteiger partial charge >= 0.3 is 0 Å². The van der Waals surface area contributed by atoms with E-state index in [1.807, 2.05) is 36.5 Å². The molecule has 0 unspecified atom stereocenters. The summed E-state index contributed by atoms with van der Waals surface area (Å²) in [4.78, 5) is 16.0. The fraction of sp³-hybridized carbons (Fsp3) is 0.150. The number of aromatic amines is 1. The molecule has 3 aromatic rings. The van der Waals surface area contributed by atoms with Crippen molar-refractivity contribution < 1.29 is 19.0 Å². The van der Waals surface area contributed by atoms with Crippen LogP contribution in [0.5, 0.6) is 17.2 Å². The second-order valence-electron chi connectivity index (χ2n) is 5.89. The van der Waals surface area contributed by atoms with Crippen LogP contribution >= 0.6 is 0 Å². The zero-order chi connectivity index (χ0) is 17.4. The van der Waals surface area contributed by atoms with E-state index >= 15 is 0 Å². The number of rotatable bonds is 4. The third kappa shape index (κ3) is 2.74. The number of carbonyl (C=O) groups excluding carboxylic acids is 1. The van der Waals surface area contributed by atoms with Gasteiger partial charge in [-0.25, -0.2) is 0 Å². The summed E-state index contributed by atoms with van der Waals surface area (Å²) in [5.74, 6) is 1.49. The molecule has 1 aliphatic rings. The van der Waals surface area contributed by atoms with E-state index in [-0.39, 0.29) is 12.6 Å². The van der Waals surface area contributed by atoms with Crippen LogP contribution in [0.3, 0.4) is 0 Å². The SMILES string of the molecule is COc1cc(C(=O)C(C)=Cc2ccc3[nH]ccc3c2)cc2c1OCO2. The van der Waals surface area contributed by atoms with Gasteiger partial charge < -0.3 is 19.2 Å². The highest BCUT2D eigenvalue weighted by Gasteiger charge is 2.22. The molecule has 4 rings (SSSR count). The Morgan fingerprint density at radius 1 is 1.20 bits per heavy atom. The molecular weight excluding hydrogens is 318 g/mol. The van der Waals surface area contributed by atoms with E-state index in [0.29, 0.717) is 28.4 Å². The largest absolute Gasteiger partial charge is 0.493 e. The number of Topliss-reactive ketones (excluding diaryl/α,β-unsaturated/α-hetero) is 1. The summed E-state index contributed by atoms with van der Waals surface area (Å²) in [7, 11) is 1.54. The maximum atomic E-state index is 12.8. The number of methoxy groups -OCH3 is 1. The molecule has 25 heavy (non-hydrogen) atoms. The zero-order valence-corrected chi connectivity index (χ0v) is 14.0. The third-order valence-electron chi connectivity index (χ3n) is 4.24. The van der Waals surface area contributed by atoms with Crippen LogP contribution in [0.1, 0.15) is 22.8 Å². The molecule has 5 nitrogen and oxygen atoms in total. The van der Waals surface area contributed by atoms with Crippen molar-refractivity contribution in [3.63, 3.8) is 0 Å². The molecule has 0 radical (unpaired) electrons. The average Bonchev–Trinajstić information content (AvgIpc) is 3.28. The van der Waals surface area contributed by atoms with Gasteiger partial charge in [-0.2, -0.15) is 0 Å². The molecule has 0 atom stereocenters. The van der Waals surface area contributed by atoms with Crippen LogP contribution in [0.4, 0.5) is 0 Å². The Kier molecular flexibility index (Phi) is 3.69. The summed E-state index contributed by atoms with van der Waals surface area (Å²) >= 11 is 0. The highest BCUT2D eigenvalue weighted by atomic mass is 16.7. The Morgan fingerprint density at radius 2 is 2.08 bits per heavy atom. The highest BCUT2D eigenvalue weighted by Crippen LogP contribution is 2.42. The zero-order valence-electron chi connectivity index (χ0n) is 14.0. The van der Waals surface area contributed by atoms with E-state index in [1.165, 1.54) is 0 Å². The molecule has 2 heterocycles. The number of aromatic nitrogens is 1. The molecule has 1 aliphatic heterocycles. The van der Waals surface area contributed by atoms with Gasteiger partial charge in [-0.05, 0) is 59.9 Å². The van der Waals surface area contributed by atoms with Gasteiger partial charge in [0.1, 0.15) is 0 Å². The van der Waals surface area contributed by atoms with Crippen molar-refractivity contribution in [1.82, 2.24) is 4.98 Å². The maximum Gasteiger partial charge on any atom is 0.231 e. The first kappa shape index (κ1) is 15.3. The lowest BCUT2D eigenvalue weighted by atomic mass is 10.0. The third-order valence-corrected chi connectivity index (χ3v) is 4.24. The Morgan fingerprint density at radius 3 is 2.92 bits per heavy atom. The highest BCUT2D eigenvalue weighted by molar-refractivity contribution is 6.11. The predicted molar refractivity (Wildman–Crippen MR) is 95.4 cm³/mol. The lowest BCUT2D eigenvalue weighted by molar-refractivity contribution is 0.103. The van der Waals surface area contributed by atoms with E-state index in [2.05, 4.69) is 4.98 Å². The lowest BCUT2D eigenvalue weighted by Gasteiger charge is -2.08. The fourth-order valence-corrected chi connectivity index (χ4v) is 2.97. The number of fused-ring (bicyclic) bond motifs is 2. The van der Waals surface area contributed by atoms with Gasteiger partial charge in [-0.15, -0.1) is 0 Å². The lowest BCUT2D eigenvalue weighted by Crippen LogP contribution is -2.01. The van der Waals surface area contributed by atoms with Crippen LogP contribution in [0.2, 0.25) is 0 Å². The topological polar surface area (TPSA) is 60.6 Å². The van der Waals surface area contributed by atoms with Crippen LogP contribution < -0.4 is 14.2 Å². The number of ether oxygens (including phenoxy) is 3. The number of hydrogen-bond donors (Lipinski definition) is 1. The van der Waals surface area contributed by atoms with Gasteiger partial charge in [0.05, 0.1) is 7.11 Å². The molecule has 0 bridgehead atoms. The number of ketones is 1. The van der Waals surface area contributed by atoms with Crippen molar-refractivity contribution >= 4 is 22.8 Å². The van der Waals surface area contributed by atoms with Gasteiger partial charge in [0.25, 0.3) is 0 Å². The summed E-state index contributed by atoms with van der Waals surface area (Å²) in [6.07, 6.45) is 3.78. The van der Waals surface area contributed by atoms with Gasteiger partial charge in [-0.1, -0.05) is 6.07 Å². The van der Waals surface area contributed by atoms with Crippen LogP contribution in [-0.4, -0.2) is 24.7 Å². The molecule has 0 saturated heterocycles. The second kappa shape index (κ2) is 6.02. The van der Waals surface area contributed by atoms with Gasteiger partial charge in [0.15, 0.2) is 17.3 Å². The Balaban J connectivity index is 1.67. The minimum atomic E-state index is -0.0780. The van der Waals surface area contributed by atoms with Crippen LogP contribution in [0.15, 0.2) is 48.2 Å². The Labute approximate surface area is 144 Å². The first-order chi connectivity index (χ1) is 12.2. The molecule has 1 N–H and O–H groups in total. The smallest absolute Gasteiger partial charge is 0.231 e. The van der Waals surface area contributed by atoms with Crippen LogP contribution in [0, 0.1) is 0 Å². The van der Waals surface area contributed by atoms with Crippen LogP contribution in [-0.2, 0) is 0 Å². The number of hydrogen-bond acceptors (Lipinski definition) is 4. The van der Waals surface area contributed by atoms with E-state index in [4.69, 9.17) is 14.2 Å². The maximum absolute atomic E-state index is 12.8. The molecule has 0 amide bonds. The van der Waals surface area contributed by atoms with Crippen molar-refractivity contribution in [1.29, 1.82) is 0 Å². The normalized spacial score (nSPS) is 13.3. The van der Waals surface area contributed by atoms with E-state index < -0.39 is 0 Å². The van der Waals surface area contributed by atoms with E-state index in [0.717, 1.165) is 16.5 Å². The molecule has 2 aromatic carbocycles. The molecule has 0 fully saturated rings.